The molecule has 0 fully saturated rings. The van der Waals surface area contributed by atoms with Gasteiger partial charge < -0.3 is 0 Å². The number of pyridine rings is 1. The standard InChI is InChI=1S/C15H18N4/c1-11-7-14-6-5-12(9-18(14)17-11)13-8-16-19(10-13)15(2,3)4/h5-10H,1-4H3. The molecular formula is C15H18N4. The highest BCUT2D eigenvalue weighted by Crippen LogP contribution is 2.22. The van der Waals surface area contributed by atoms with E-state index in [9.17, 15) is 0 Å². The van der Waals surface area contributed by atoms with Crippen LogP contribution in [0.1, 0.15) is 26.5 Å². The molecule has 0 atom stereocenters. The van der Waals surface area contributed by atoms with Crippen molar-refractivity contribution in [2.24, 2.45) is 0 Å². The number of hydrogen-bond acceptors (Lipinski definition) is 2. The number of rotatable bonds is 1. The van der Waals surface area contributed by atoms with Gasteiger partial charge in [0.2, 0.25) is 0 Å². The Hall–Kier alpha value is -2.10. The average molecular weight is 254 g/mol. The van der Waals surface area contributed by atoms with Gasteiger partial charge in [-0.3, -0.25) is 4.68 Å². The van der Waals surface area contributed by atoms with E-state index in [-0.39, 0.29) is 5.54 Å². The van der Waals surface area contributed by atoms with Crippen LogP contribution >= 0.6 is 0 Å². The van der Waals surface area contributed by atoms with E-state index in [2.05, 4.69) is 55.4 Å². The number of hydrogen-bond donors (Lipinski definition) is 0. The molecule has 4 nitrogen and oxygen atoms in total. The van der Waals surface area contributed by atoms with Crippen LogP contribution in [-0.4, -0.2) is 19.4 Å². The molecule has 98 valence electrons. The van der Waals surface area contributed by atoms with Crippen molar-refractivity contribution in [3.63, 3.8) is 0 Å². The third kappa shape index (κ3) is 2.14. The maximum absolute atomic E-state index is 4.44. The van der Waals surface area contributed by atoms with Crippen LogP contribution in [0.4, 0.5) is 0 Å². The van der Waals surface area contributed by atoms with Crippen LogP contribution in [0.5, 0.6) is 0 Å². The number of aryl methyl sites for hydroxylation is 1. The lowest BCUT2D eigenvalue weighted by Crippen LogP contribution is -2.21. The van der Waals surface area contributed by atoms with E-state index in [0.29, 0.717) is 0 Å². The van der Waals surface area contributed by atoms with Gasteiger partial charge in [-0.2, -0.15) is 10.2 Å². The fourth-order valence-corrected chi connectivity index (χ4v) is 2.12. The summed E-state index contributed by atoms with van der Waals surface area (Å²) in [6, 6.07) is 6.27. The molecular weight excluding hydrogens is 236 g/mol. The third-order valence-corrected chi connectivity index (χ3v) is 3.19. The van der Waals surface area contributed by atoms with Crippen LogP contribution < -0.4 is 0 Å². The predicted octanol–water partition coefficient (Wildman–Crippen LogP) is 3.26. The second kappa shape index (κ2) is 3.95. The largest absolute Gasteiger partial charge is 0.267 e. The van der Waals surface area contributed by atoms with Crippen molar-refractivity contribution < 1.29 is 0 Å². The molecule has 4 heteroatoms. The molecule has 0 N–H and O–H groups in total. The van der Waals surface area contributed by atoms with Crippen LogP contribution in [0.3, 0.4) is 0 Å². The smallest absolute Gasteiger partial charge is 0.0664 e. The van der Waals surface area contributed by atoms with Crippen molar-refractivity contribution in [1.29, 1.82) is 0 Å². The predicted molar refractivity (Wildman–Crippen MR) is 76.1 cm³/mol. The van der Waals surface area contributed by atoms with E-state index in [0.717, 1.165) is 22.3 Å². The van der Waals surface area contributed by atoms with Gasteiger partial charge in [0.25, 0.3) is 0 Å². The number of fused-ring (bicyclic) bond motifs is 1. The normalized spacial score (nSPS) is 12.2. The van der Waals surface area contributed by atoms with Crippen molar-refractivity contribution in [1.82, 2.24) is 19.4 Å². The summed E-state index contributed by atoms with van der Waals surface area (Å²) < 4.78 is 3.90. The van der Waals surface area contributed by atoms with E-state index in [1.54, 1.807) is 0 Å². The Bertz CT molecular complexity index is 728. The van der Waals surface area contributed by atoms with Gasteiger partial charge in [0.15, 0.2) is 0 Å². The van der Waals surface area contributed by atoms with Crippen molar-refractivity contribution in [3.05, 3.63) is 42.5 Å². The first-order valence-electron chi connectivity index (χ1n) is 6.45. The summed E-state index contributed by atoms with van der Waals surface area (Å²) in [6.07, 6.45) is 6.03. The lowest BCUT2D eigenvalue weighted by Gasteiger charge is -2.18. The van der Waals surface area contributed by atoms with Gasteiger partial charge in [-0.15, -0.1) is 0 Å². The minimum atomic E-state index is 0.00460. The fourth-order valence-electron chi connectivity index (χ4n) is 2.12. The molecule has 0 aliphatic heterocycles. The first kappa shape index (κ1) is 12.0. The minimum absolute atomic E-state index is 0.00460. The molecule has 3 aromatic rings. The van der Waals surface area contributed by atoms with Gasteiger partial charge in [0.05, 0.1) is 22.9 Å². The Labute approximate surface area is 112 Å². The molecule has 0 saturated carbocycles. The third-order valence-electron chi connectivity index (χ3n) is 3.19. The number of nitrogens with zero attached hydrogens (tertiary/aromatic N) is 4. The summed E-state index contributed by atoms with van der Waals surface area (Å²) >= 11 is 0. The Balaban J connectivity index is 2.06. The summed E-state index contributed by atoms with van der Waals surface area (Å²) in [4.78, 5) is 0. The zero-order valence-electron chi connectivity index (χ0n) is 11.8. The first-order chi connectivity index (χ1) is 8.93. The highest BCUT2D eigenvalue weighted by atomic mass is 15.3. The lowest BCUT2D eigenvalue weighted by atomic mass is 10.1. The number of aromatic nitrogens is 4. The Kier molecular flexibility index (Phi) is 2.49. The summed E-state index contributed by atoms with van der Waals surface area (Å²) in [6.45, 7) is 8.43. The van der Waals surface area contributed by atoms with Gasteiger partial charge in [-0.25, -0.2) is 4.52 Å². The molecule has 0 bridgehead atoms. The van der Waals surface area contributed by atoms with Crippen LogP contribution in [-0.2, 0) is 5.54 Å². The zero-order valence-corrected chi connectivity index (χ0v) is 11.8. The van der Waals surface area contributed by atoms with E-state index in [4.69, 9.17) is 0 Å². The molecule has 0 amide bonds. The zero-order chi connectivity index (χ0) is 13.6. The van der Waals surface area contributed by atoms with Crippen molar-refractivity contribution >= 4 is 5.52 Å². The maximum atomic E-state index is 4.44. The summed E-state index contributed by atoms with van der Waals surface area (Å²) in [7, 11) is 0. The van der Waals surface area contributed by atoms with Crippen molar-refractivity contribution in [2.75, 3.05) is 0 Å². The second-order valence-electron chi connectivity index (χ2n) is 5.92. The summed E-state index contributed by atoms with van der Waals surface area (Å²) in [5.74, 6) is 0. The van der Waals surface area contributed by atoms with Gasteiger partial charge in [-0.1, -0.05) is 6.07 Å². The van der Waals surface area contributed by atoms with E-state index >= 15 is 0 Å². The van der Waals surface area contributed by atoms with Crippen LogP contribution in [0.2, 0.25) is 0 Å². The molecule has 3 aromatic heterocycles. The minimum Gasteiger partial charge on any atom is -0.267 e. The van der Waals surface area contributed by atoms with E-state index in [1.807, 2.05) is 28.5 Å². The summed E-state index contributed by atoms with van der Waals surface area (Å²) in [5.41, 5.74) is 4.40. The molecule has 0 saturated heterocycles. The molecule has 19 heavy (non-hydrogen) atoms. The molecule has 0 aliphatic carbocycles. The van der Waals surface area contributed by atoms with Crippen LogP contribution in [0.15, 0.2) is 36.8 Å². The molecule has 3 rings (SSSR count). The van der Waals surface area contributed by atoms with Gasteiger partial charge in [0.1, 0.15) is 0 Å². The van der Waals surface area contributed by atoms with Crippen molar-refractivity contribution in [2.45, 2.75) is 33.2 Å². The Morgan fingerprint density at radius 3 is 2.53 bits per heavy atom. The van der Waals surface area contributed by atoms with Gasteiger partial charge in [0, 0.05) is 23.5 Å². The Morgan fingerprint density at radius 1 is 1.05 bits per heavy atom. The molecule has 3 heterocycles. The molecule has 0 unspecified atom stereocenters. The van der Waals surface area contributed by atoms with Gasteiger partial charge in [-0.05, 0) is 39.8 Å². The van der Waals surface area contributed by atoms with Gasteiger partial charge >= 0.3 is 0 Å². The Morgan fingerprint density at radius 2 is 1.84 bits per heavy atom. The van der Waals surface area contributed by atoms with Crippen LogP contribution in [0.25, 0.3) is 16.6 Å². The topological polar surface area (TPSA) is 35.1 Å². The van der Waals surface area contributed by atoms with E-state index < -0.39 is 0 Å². The molecule has 0 spiro atoms. The maximum Gasteiger partial charge on any atom is 0.0664 e. The second-order valence-corrected chi connectivity index (χ2v) is 5.92. The monoisotopic (exact) mass is 254 g/mol. The van der Waals surface area contributed by atoms with Crippen LogP contribution in [0, 0.1) is 6.92 Å². The lowest BCUT2D eigenvalue weighted by molar-refractivity contribution is 0.355. The quantitative estimate of drug-likeness (QED) is 0.668. The fraction of sp³-hybridized carbons (Fsp3) is 0.333. The van der Waals surface area contributed by atoms with Crippen molar-refractivity contribution in [3.8, 4) is 11.1 Å². The molecule has 0 aliphatic rings. The molecule has 0 radical (unpaired) electrons. The highest BCUT2D eigenvalue weighted by Gasteiger charge is 2.14. The SMILES string of the molecule is Cc1cc2ccc(-c3cnn(C(C)(C)C)c3)cn2n1. The first-order valence-corrected chi connectivity index (χ1v) is 6.45. The average Bonchev–Trinajstić information content (AvgIpc) is 2.90. The molecule has 0 aromatic carbocycles. The highest BCUT2D eigenvalue weighted by molar-refractivity contribution is 5.64. The van der Waals surface area contributed by atoms with E-state index in [1.165, 1.54) is 0 Å². The summed E-state index contributed by atoms with van der Waals surface area (Å²) in [5, 5.41) is 8.88.